The normalized spacial score (nSPS) is 10.6. The fourth-order valence-corrected chi connectivity index (χ4v) is 2.81. The highest BCUT2D eigenvalue weighted by Crippen LogP contribution is 2.22. The van der Waals surface area contributed by atoms with E-state index in [1.807, 2.05) is 50.2 Å². The zero-order valence-corrected chi connectivity index (χ0v) is 15.7. The molecule has 5 nitrogen and oxygen atoms in total. The molecule has 0 unspecified atom stereocenters. The van der Waals surface area contributed by atoms with E-state index in [4.69, 9.17) is 16.3 Å². The molecule has 0 aliphatic heterocycles. The number of hydrogen-bond donors (Lipinski definition) is 1. The number of halogens is 1. The highest BCUT2D eigenvalue weighted by Gasteiger charge is 2.11. The molecule has 0 bridgehead atoms. The second kappa shape index (κ2) is 7.62. The van der Waals surface area contributed by atoms with Gasteiger partial charge in [-0.05, 0) is 55.8 Å². The Bertz CT molecular complexity index is 933. The lowest BCUT2D eigenvalue weighted by atomic mass is 10.1. The Kier molecular flexibility index (Phi) is 5.28. The van der Waals surface area contributed by atoms with Crippen LogP contribution in [0.5, 0.6) is 5.75 Å². The standard InChI is InChI=1S/C20H20ClN3O2/c1-13-19(21)14(2)24(23-13)17-9-7-16(8-10-17)20(25)22-12-15-5-4-6-18(11-15)26-3/h4-11H,12H2,1-3H3,(H,22,25). The molecule has 26 heavy (non-hydrogen) atoms. The van der Waals surface area contributed by atoms with Crippen LogP contribution in [0.25, 0.3) is 5.69 Å². The fourth-order valence-electron chi connectivity index (χ4n) is 2.70. The Balaban J connectivity index is 1.69. The quantitative estimate of drug-likeness (QED) is 0.737. The molecule has 0 radical (unpaired) electrons. The molecule has 2 aromatic carbocycles. The number of ether oxygens (including phenoxy) is 1. The summed E-state index contributed by atoms with van der Waals surface area (Å²) in [5, 5.41) is 7.99. The molecule has 1 N–H and O–H groups in total. The Morgan fingerprint density at radius 3 is 2.54 bits per heavy atom. The van der Waals surface area contributed by atoms with Crippen molar-refractivity contribution in [3.05, 3.63) is 76.1 Å². The highest BCUT2D eigenvalue weighted by molar-refractivity contribution is 6.31. The van der Waals surface area contributed by atoms with Gasteiger partial charge < -0.3 is 10.1 Å². The molecule has 6 heteroatoms. The summed E-state index contributed by atoms with van der Waals surface area (Å²) in [6.07, 6.45) is 0. The second-order valence-corrected chi connectivity index (χ2v) is 6.36. The summed E-state index contributed by atoms with van der Waals surface area (Å²) in [5.74, 6) is 0.635. The van der Waals surface area contributed by atoms with Crippen LogP contribution in [0, 0.1) is 13.8 Å². The van der Waals surface area contributed by atoms with Gasteiger partial charge >= 0.3 is 0 Å². The van der Waals surface area contributed by atoms with Gasteiger partial charge in [0.05, 0.1) is 29.2 Å². The monoisotopic (exact) mass is 369 g/mol. The van der Waals surface area contributed by atoms with E-state index in [0.717, 1.165) is 28.4 Å². The minimum atomic E-state index is -0.134. The minimum Gasteiger partial charge on any atom is -0.497 e. The van der Waals surface area contributed by atoms with Gasteiger partial charge in [0.1, 0.15) is 5.75 Å². The summed E-state index contributed by atoms with van der Waals surface area (Å²) in [4.78, 5) is 12.4. The molecule has 134 valence electrons. The van der Waals surface area contributed by atoms with Crippen LogP contribution >= 0.6 is 11.6 Å². The average molecular weight is 370 g/mol. The molecule has 0 spiro atoms. The van der Waals surface area contributed by atoms with Crippen molar-refractivity contribution >= 4 is 17.5 Å². The number of amides is 1. The van der Waals surface area contributed by atoms with E-state index in [1.54, 1.807) is 23.9 Å². The number of hydrogen-bond acceptors (Lipinski definition) is 3. The zero-order valence-electron chi connectivity index (χ0n) is 14.9. The number of nitrogens with zero attached hydrogens (tertiary/aromatic N) is 2. The van der Waals surface area contributed by atoms with Crippen LogP contribution in [0.4, 0.5) is 0 Å². The minimum absolute atomic E-state index is 0.134. The Morgan fingerprint density at radius 2 is 1.92 bits per heavy atom. The first-order valence-corrected chi connectivity index (χ1v) is 8.60. The lowest BCUT2D eigenvalue weighted by molar-refractivity contribution is 0.0951. The van der Waals surface area contributed by atoms with Crippen LogP contribution in [-0.4, -0.2) is 22.8 Å². The van der Waals surface area contributed by atoms with E-state index < -0.39 is 0 Å². The SMILES string of the molecule is COc1cccc(CNC(=O)c2ccc(-n3nc(C)c(Cl)c3C)cc2)c1. The van der Waals surface area contributed by atoms with Gasteiger partial charge in [0.15, 0.2) is 0 Å². The first-order valence-electron chi connectivity index (χ1n) is 8.23. The van der Waals surface area contributed by atoms with E-state index in [-0.39, 0.29) is 5.91 Å². The van der Waals surface area contributed by atoms with Gasteiger partial charge in [0.25, 0.3) is 5.91 Å². The molecule has 3 aromatic rings. The summed E-state index contributed by atoms with van der Waals surface area (Å²) in [7, 11) is 1.62. The number of aromatic nitrogens is 2. The second-order valence-electron chi connectivity index (χ2n) is 5.98. The van der Waals surface area contributed by atoms with Gasteiger partial charge in [-0.3, -0.25) is 4.79 Å². The predicted octanol–water partition coefficient (Wildman–Crippen LogP) is 4.08. The number of benzene rings is 2. The molecule has 1 heterocycles. The first kappa shape index (κ1) is 18.0. The van der Waals surface area contributed by atoms with Crippen molar-refractivity contribution in [2.75, 3.05) is 7.11 Å². The van der Waals surface area contributed by atoms with E-state index >= 15 is 0 Å². The largest absolute Gasteiger partial charge is 0.497 e. The topological polar surface area (TPSA) is 56.1 Å². The van der Waals surface area contributed by atoms with Crippen molar-refractivity contribution in [1.82, 2.24) is 15.1 Å². The Hall–Kier alpha value is -2.79. The van der Waals surface area contributed by atoms with Gasteiger partial charge in [0, 0.05) is 12.1 Å². The number of carbonyl (C=O) groups is 1. The van der Waals surface area contributed by atoms with Gasteiger partial charge in [-0.1, -0.05) is 23.7 Å². The van der Waals surface area contributed by atoms with Gasteiger partial charge in [-0.25, -0.2) is 4.68 Å². The van der Waals surface area contributed by atoms with Gasteiger partial charge in [-0.2, -0.15) is 5.10 Å². The smallest absolute Gasteiger partial charge is 0.251 e. The molecule has 0 saturated heterocycles. The van der Waals surface area contributed by atoms with E-state index in [1.165, 1.54) is 0 Å². The number of nitrogens with one attached hydrogen (secondary N) is 1. The Labute approximate surface area is 157 Å². The van der Waals surface area contributed by atoms with E-state index in [9.17, 15) is 4.79 Å². The maximum atomic E-state index is 12.4. The molecule has 0 aliphatic rings. The van der Waals surface area contributed by atoms with Crippen molar-refractivity contribution < 1.29 is 9.53 Å². The van der Waals surface area contributed by atoms with Crippen molar-refractivity contribution in [2.45, 2.75) is 20.4 Å². The lowest BCUT2D eigenvalue weighted by Crippen LogP contribution is -2.22. The molecule has 0 atom stereocenters. The predicted molar refractivity (Wildman–Crippen MR) is 102 cm³/mol. The molecule has 0 aliphatic carbocycles. The van der Waals surface area contributed by atoms with Crippen LogP contribution in [0.2, 0.25) is 5.02 Å². The van der Waals surface area contributed by atoms with Crippen molar-refractivity contribution in [3.8, 4) is 11.4 Å². The van der Waals surface area contributed by atoms with Crippen LogP contribution in [-0.2, 0) is 6.54 Å². The summed E-state index contributed by atoms with van der Waals surface area (Å²) in [6.45, 7) is 4.22. The van der Waals surface area contributed by atoms with Crippen LogP contribution in [0.15, 0.2) is 48.5 Å². The third-order valence-electron chi connectivity index (χ3n) is 4.16. The lowest BCUT2D eigenvalue weighted by Gasteiger charge is -2.08. The summed E-state index contributed by atoms with van der Waals surface area (Å²) in [5.41, 5.74) is 4.08. The summed E-state index contributed by atoms with van der Waals surface area (Å²) < 4.78 is 6.96. The van der Waals surface area contributed by atoms with Crippen molar-refractivity contribution in [2.24, 2.45) is 0 Å². The zero-order chi connectivity index (χ0) is 18.7. The van der Waals surface area contributed by atoms with Crippen LogP contribution in [0.3, 0.4) is 0 Å². The van der Waals surface area contributed by atoms with Crippen LogP contribution in [0.1, 0.15) is 27.3 Å². The number of aryl methyl sites for hydroxylation is 1. The summed E-state index contributed by atoms with van der Waals surface area (Å²) >= 11 is 6.19. The third-order valence-corrected chi connectivity index (χ3v) is 4.71. The third kappa shape index (κ3) is 3.73. The van der Waals surface area contributed by atoms with Crippen molar-refractivity contribution in [3.63, 3.8) is 0 Å². The number of methoxy groups -OCH3 is 1. The van der Waals surface area contributed by atoms with E-state index in [0.29, 0.717) is 17.1 Å². The average Bonchev–Trinajstić information content (AvgIpc) is 2.93. The fraction of sp³-hybridized carbons (Fsp3) is 0.200. The van der Waals surface area contributed by atoms with Crippen LogP contribution < -0.4 is 10.1 Å². The number of carbonyl (C=O) groups excluding carboxylic acids is 1. The molecule has 1 aromatic heterocycles. The highest BCUT2D eigenvalue weighted by atomic mass is 35.5. The first-order chi connectivity index (χ1) is 12.5. The van der Waals surface area contributed by atoms with Crippen molar-refractivity contribution in [1.29, 1.82) is 0 Å². The molecular weight excluding hydrogens is 350 g/mol. The Morgan fingerprint density at radius 1 is 1.19 bits per heavy atom. The van der Waals surface area contributed by atoms with Gasteiger partial charge in [-0.15, -0.1) is 0 Å². The molecule has 0 fully saturated rings. The maximum Gasteiger partial charge on any atom is 0.251 e. The van der Waals surface area contributed by atoms with E-state index in [2.05, 4.69) is 10.4 Å². The van der Waals surface area contributed by atoms with Gasteiger partial charge in [0.2, 0.25) is 0 Å². The maximum absolute atomic E-state index is 12.4. The molecule has 1 amide bonds. The molecular formula is C20H20ClN3O2. The molecule has 3 rings (SSSR count). The number of rotatable bonds is 5. The molecule has 0 saturated carbocycles. The summed E-state index contributed by atoms with van der Waals surface area (Å²) in [6, 6.07) is 14.9.